The van der Waals surface area contributed by atoms with Crippen molar-refractivity contribution in [3.63, 3.8) is 0 Å². The SMILES string of the molecule is Cc1nc(Nc2ccc([As](=O)(O)O)cc2)c2c(-c3ccc(F)cc3)c(C)sc2n1. The van der Waals surface area contributed by atoms with Crippen molar-refractivity contribution >= 4 is 51.6 Å². The number of rotatable bonds is 4. The van der Waals surface area contributed by atoms with Crippen molar-refractivity contribution in [2.45, 2.75) is 13.8 Å². The monoisotopic (exact) mass is 473 g/mol. The molecule has 4 aromatic rings. The van der Waals surface area contributed by atoms with Gasteiger partial charge in [0.2, 0.25) is 0 Å². The average Bonchev–Trinajstić information content (AvgIpc) is 2.98. The fraction of sp³-hybridized carbons (Fsp3) is 0.100. The fourth-order valence-corrected chi connectivity index (χ4v) is 5.37. The van der Waals surface area contributed by atoms with Crippen molar-refractivity contribution in [3.05, 3.63) is 65.0 Å². The predicted molar refractivity (Wildman–Crippen MR) is 113 cm³/mol. The summed E-state index contributed by atoms with van der Waals surface area (Å²) in [5.41, 5.74) is 2.44. The summed E-state index contributed by atoms with van der Waals surface area (Å²) in [5.74, 6) is 0.885. The van der Waals surface area contributed by atoms with E-state index in [4.69, 9.17) is 0 Å². The molecule has 0 aliphatic heterocycles. The second kappa shape index (κ2) is 7.39. The Bertz CT molecular complexity index is 1250. The average molecular weight is 473 g/mol. The Morgan fingerprint density at radius 1 is 1.00 bits per heavy atom. The minimum atomic E-state index is -4.93. The Morgan fingerprint density at radius 3 is 2.28 bits per heavy atom. The standard InChI is InChI=1S/C20H17AsFN3O3S/c1-11-17(13-3-7-15(22)8-4-13)18-19(23-12(2)24-20(18)29-11)25-16-9-5-14(6-10-16)21(26,27)28/h3-10H,1-2H3,(H,23,24,25)(H2,26,27,28). The molecule has 0 aliphatic rings. The summed E-state index contributed by atoms with van der Waals surface area (Å²) in [4.78, 5) is 10.9. The van der Waals surface area contributed by atoms with Gasteiger partial charge in [0.25, 0.3) is 0 Å². The number of nitrogens with one attached hydrogen (secondary N) is 1. The molecule has 9 heteroatoms. The summed E-state index contributed by atoms with van der Waals surface area (Å²) >= 11 is -3.39. The van der Waals surface area contributed by atoms with E-state index in [1.165, 1.54) is 35.6 Å². The zero-order valence-electron chi connectivity index (χ0n) is 15.5. The maximum atomic E-state index is 13.4. The van der Waals surface area contributed by atoms with Gasteiger partial charge in [-0.2, -0.15) is 0 Å². The number of nitrogens with zero attached hydrogens (tertiary/aromatic N) is 2. The topological polar surface area (TPSA) is 95.3 Å². The molecular weight excluding hydrogens is 456 g/mol. The molecular formula is C20H17AsFN3O3S. The number of hydrogen-bond acceptors (Lipinski definition) is 5. The first-order valence-electron chi connectivity index (χ1n) is 8.69. The normalized spacial score (nSPS) is 11.8. The first-order chi connectivity index (χ1) is 13.7. The summed E-state index contributed by atoms with van der Waals surface area (Å²) in [7, 11) is 0. The number of halogens is 1. The molecule has 0 radical (unpaired) electrons. The van der Waals surface area contributed by atoms with Crippen molar-refractivity contribution < 1.29 is 16.3 Å². The molecule has 0 saturated heterocycles. The molecule has 148 valence electrons. The van der Waals surface area contributed by atoms with Gasteiger partial charge in [-0.05, 0) is 0 Å². The Morgan fingerprint density at radius 2 is 1.66 bits per heavy atom. The Kier molecular flexibility index (Phi) is 5.04. The number of aryl methyl sites for hydroxylation is 2. The maximum absolute atomic E-state index is 13.4. The van der Waals surface area contributed by atoms with E-state index in [1.54, 1.807) is 31.2 Å². The molecule has 29 heavy (non-hydrogen) atoms. The molecule has 3 N–H and O–H groups in total. The van der Waals surface area contributed by atoms with Gasteiger partial charge in [-0.3, -0.25) is 0 Å². The summed E-state index contributed by atoms with van der Waals surface area (Å²) in [6.07, 6.45) is 0. The van der Waals surface area contributed by atoms with Crippen LogP contribution in [0.5, 0.6) is 0 Å². The number of aromatic nitrogens is 2. The molecule has 0 atom stereocenters. The van der Waals surface area contributed by atoms with E-state index >= 15 is 0 Å². The fourth-order valence-electron chi connectivity index (χ4n) is 3.15. The zero-order valence-corrected chi connectivity index (χ0v) is 18.2. The molecule has 2 heterocycles. The van der Waals surface area contributed by atoms with Crippen molar-refractivity contribution in [3.8, 4) is 11.1 Å². The summed E-state index contributed by atoms with van der Waals surface area (Å²) < 4.78 is 43.5. The van der Waals surface area contributed by atoms with E-state index < -0.39 is 14.2 Å². The molecule has 0 fully saturated rings. The van der Waals surface area contributed by atoms with Gasteiger partial charge in [-0.15, -0.1) is 0 Å². The minimum absolute atomic E-state index is 0.0102. The Labute approximate surface area is 173 Å². The number of benzene rings is 2. The van der Waals surface area contributed by atoms with E-state index in [9.17, 15) is 16.3 Å². The Balaban J connectivity index is 1.84. The molecule has 6 nitrogen and oxygen atoms in total. The van der Waals surface area contributed by atoms with E-state index in [1.807, 2.05) is 6.92 Å². The molecule has 2 aromatic heterocycles. The van der Waals surface area contributed by atoms with Gasteiger partial charge in [-0.25, -0.2) is 4.39 Å². The van der Waals surface area contributed by atoms with Crippen LogP contribution in [0.3, 0.4) is 0 Å². The van der Waals surface area contributed by atoms with E-state index in [-0.39, 0.29) is 10.2 Å². The van der Waals surface area contributed by atoms with Gasteiger partial charge in [0, 0.05) is 0 Å². The van der Waals surface area contributed by atoms with Crippen LogP contribution < -0.4 is 9.67 Å². The molecule has 0 bridgehead atoms. The van der Waals surface area contributed by atoms with Crippen LogP contribution in [0.2, 0.25) is 0 Å². The van der Waals surface area contributed by atoms with Crippen molar-refractivity contribution in [1.82, 2.24) is 9.97 Å². The van der Waals surface area contributed by atoms with E-state index in [2.05, 4.69) is 15.3 Å². The Hall–Kier alpha value is -2.51. The van der Waals surface area contributed by atoms with Gasteiger partial charge in [0.05, 0.1) is 0 Å². The van der Waals surface area contributed by atoms with Crippen LogP contribution in [-0.4, -0.2) is 32.3 Å². The summed E-state index contributed by atoms with van der Waals surface area (Å²) in [6, 6.07) is 12.3. The molecule has 0 unspecified atom stereocenters. The van der Waals surface area contributed by atoms with Crippen LogP contribution in [0.15, 0.2) is 48.5 Å². The number of anilines is 2. The zero-order chi connectivity index (χ0) is 20.8. The van der Waals surface area contributed by atoms with Gasteiger partial charge in [0.15, 0.2) is 0 Å². The van der Waals surface area contributed by atoms with Gasteiger partial charge in [-0.1, -0.05) is 0 Å². The third-order valence-corrected chi connectivity index (χ3v) is 7.47. The van der Waals surface area contributed by atoms with Gasteiger partial charge in [0.1, 0.15) is 0 Å². The quantitative estimate of drug-likeness (QED) is 0.394. The third kappa shape index (κ3) is 3.97. The third-order valence-electron chi connectivity index (χ3n) is 4.44. The molecule has 2 aromatic carbocycles. The summed E-state index contributed by atoms with van der Waals surface area (Å²) in [6.45, 7) is 3.79. The second-order valence-electron chi connectivity index (χ2n) is 6.56. The van der Waals surface area contributed by atoms with Crippen molar-refractivity contribution in [2.75, 3.05) is 5.32 Å². The molecule has 0 aliphatic carbocycles. The van der Waals surface area contributed by atoms with E-state index in [0.717, 1.165) is 26.2 Å². The van der Waals surface area contributed by atoms with Crippen LogP contribution in [0.4, 0.5) is 15.9 Å². The molecule has 4 rings (SSSR count). The molecule has 0 saturated carbocycles. The van der Waals surface area contributed by atoms with Crippen molar-refractivity contribution in [2.24, 2.45) is 0 Å². The predicted octanol–water partition coefficient (Wildman–Crippen LogP) is 3.42. The molecule has 0 spiro atoms. The summed E-state index contributed by atoms with van der Waals surface area (Å²) in [5, 5.41) is 4.06. The van der Waals surface area contributed by atoms with Crippen molar-refractivity contribution in [1.29, 1.82) is 0 Å². The van der Waals surface area contributed by atoms with Crippen LogP contribution in [0.25, 0.3) is 21.3 Å². The second-order valence-corrected chi connectivity index (χ2v) is 11.1. The number of fused-ring (bicyclic) bond motifs is 1. The van der Waals surface area contributed by atoms with Crippen LogP contribution in [0.1, 0.15) is 10.7 Å². The van der Waals surface area contributed by atoms with Gasteiger partial charge < -0.3 is 0 Å². The number of hydrogen-bond donors (Lipinski definition) is 3. The van der Waals surface area contributed by atoms with Gasteiger partial charge >= 0.3 is 169 Å². The first kappa shape index (κ1) is 19.8. The number of thiophene rings is 1. The van der Waals surface area contributed by atoms with Crippen LogP contribution in [-0.2, 0) is 3.74 Å². The first-order valence-corrected chi connectivity index (χ1v) is 12.9. The molecule has 0 amide bonds. The van der Waals surface area contributed by atoms with Crippen LogP contribution >= 0.6 is 11.3 Å². The van der Waals surface area contributed by atoms with Crippen LogP contribution in [0, 0.1) is 19.7 Å². The van der Waals surface area contributed by atoms with E-state index in [0.29, 0.717) is 17.3 Å².